The summed E-state index contributed by atoms with van der Waals surface area (Å²) >= 11 is 5.72. The van der Waals surface area contributed by atoms with Crippen LogP contribution in [0.1, 0.15) is 0 Å². The fraction of sp³-hybridized carbons (Fsp3) is 0.200. The van der Waals surface area contributed by atoms with E-state index in [0.717, 1.165) is 14.2 Å². The molecule has 0 saturated carbocycles. The average molecular weight is 399 g/mol. The monoisotopic (exact) mass is 398 g/mol. The Balaban J connectivity index is 3.20. The molecule has 0 aliphatic heterocycles. The van der Waals surface area contributed by atoms with E-state index in [1.165, 1.54) is 24.3 Å². The smallest absolute Gasteiger partial charge is 0.355 e. The number of hydrogen-bond acceptors (Lipinski definition) is 8. The van der Waals surface area contributed by atoms with Crippen LogP contribution in [-0.2, 0) is 28.7 Å². The van der Waals surface area contributed by atoms with Gasteiger partial charge in [0.2, 0.25) is 5.78 Å². The van der Waals surface area contributed by atoms with Crippen LogP contribution in [0.25, 0.3) is 0 Å². The van der Waals surface area contributed by atoms with Gasteiger partial charge in [-0.3, -0.25) is 14.4 Å². The predicted octanol–water partition coefficient (Wildman–Crippen LogP) is -0.166. The summed E-state index contributed by atoms with van der Waals surface area (Å²) in [4.78, 5) is 59.3. The lowest BCUT2D eigenvalue weighted by Gasteiger charge is -2.14. The molecule has 0 fully saturated rings. The number of urea groups is 1. The number of primary amides is 1. The van der Waals surface area contributed by atoms with Gasteiger partial charge in [0.05, 0.1) is 14.2 Å². The lowest BCUT2D eigenvalue weighted by atomic mass is 9.97. The van der Waals surface area contributed by atoms with Crippen molar-refractivity contribution in [1.29, 1.82) is 0 Å². The molecule has 4 N–H and O–H groups in total. The third kappa shape index (κ3) is 6.08. The van der Waals surface area contributed by atoms with Crippen LogP contribution in [0.4, 0.5) is 10.5 Å². The molecule has 0 saturated heterocycles. The maximum Gasteiger partial charge on any atom is 0.355 e. The zero-order valence-electron chi connectivity index (χ0n) is 14.1. The number of rotatable bonds is 7. The van der Waals surface area contributed by atoms with Crippen LogP contribution in [0.3, 0.4) is 0 Å². The molecule has 1 aromatic carbocycles. The van der Waals surface area contributed by atoms with Gasteiger partial charge in [-0.25, -0.2) is 15.0 Å². The van der Waals surface area contributed by atoms with Crippen molar-refractivity contribution in [3.63, 3.8) is 0 Å². The van der Waals surface area contributed by atoms with E-state index in [0.29, 0.717) is 5.02 Å². The van der Waals surface area contributed by atoms with Crippen LogP contribution >= 0.6 is 11.6 Å². The molecule has 0 aromatic heterocycles. The number of ether oxygens (including phenoxy) is 2. The zero-order chi connectivity index (χ0) is 20.6. The number of esters is 2. The molecular formula is C15H15ClN4O7. The normalized spacial score (nSPS) is 11.7. The second-order valence-electron chi connectivity index (χ2n) is 4.75. The Bertz CT molecular complexity index is 792. The van der Waals surface area contributed by atoms with Crippen LogP contribution in [0.5, 0.6) is 0 Å². The second kappa shape index (κ2) is 9.87. The number of amides is 3. The molecule has 11 nitrogen and oxygen atoms in total. The minimum Gasteiger partial charge on any atom is -0.468 e. The van der Waals surface area contributed by atoms with Gasteiger partial charge in [0.1, 0.15) is 0 Å². The molecule has 144 valence electrons. The van der Waals surface area contributed by atoms with Gasteiger partial charge in [0.25, 0.3) is 5.91 Å². The maximum absolute atomic E-state index is 12.4. The van der Waals surface area contributed by atoms with E-state index in [-0.39, 0.29) is 5.69 Å². The van der Waals surface area contributed by atoms with Crippen molar-refractivity contribution in [2.75, 3.05) is 19.5 Å². The second-order valence-corrected chi connectivity index (χ2v) is 5.18. The third-order valence-corrected chi connectivity index (χ3v) is 3.23. The first-order valence-corrected chi connectivity index (χ1v) is 7.49. The van der Waals surface area contributed by atoms with Crippen molar-refractivity contribution in [2.24, 2.45) is 16.8 Å². The molecule has 0 spiro atoms. The molecule has 0 unspecified atom stereocenters. The number of carbonyl (C=O) groups is 5. The van der Waals surface area contributed by atoms with Gasteiger partial charge in [-0.2, -0.15) is 5.10 Å². The Labute approximate surface area is 157 Å². The van der Waals surface area contributed by atoms with E-state index >= 15 is 0 Å². The molecule has 0 aliphatic carbocycles. The summed E-state index contributed by atoms with van der Waals surface area (Å²) < 4.78 is 8.86. The fourth-order valence-corrected chi connectivity index (χ4v) is 1.89. The van der Waals surface area contributed by atoms with E-state index in [4.69, 9.17) is 17.3 Å². The molecule has 0 heterocycles. The molecule has 1 rings (SSSR count). The summed E-state index contributed by atoms with van der Waals surface area (Å²) in [7, 11) is 1.87. The largest absolute Gasteiger partial charge is 0.468 e. The highest BCUT2D eigenvalue weighted by atomic mass is 35.5. The molecule has 1 aromatic rings. The molecule has 0 aliphatic rings. The first-order chi connectivity index (χ1) is 12.7. The van der Waals surface area contributed by atoms with E-state index in [2.05, 4.69) is 19.9 Å². The molecule has 0 radical (unpaired) electrons. The van der Waals surface area contributed by atoms with Gasteiger partial charge in [-0.1, -0.05) is 11.6 Å². The number of benzene rings is 1. The lowest BCUT2D eigenvalue weighted by Crippen LogP contribution is -2.44. The van der Waals surface area contributed by atoms with Gasteiger partial charge in [-0.05, 0) is 24.3 Å². The molecular weight excluding hydrogens is 384 g/mol. The highest BCUT2D eigenvalue weighted by molar-refractivity contribution is 6.55. The maximum atomic E-state index is 12.4. The van der Waals surface area contributed by atoms with Crippen molar-refractivity contribution in [3.8, 4) is 0 Å². The Hall–Kier alpha value is -3.47. The number of halogens is 1. The van der Waals surface area contributed by atoms with E-state index in [1.807, 2.05) is 0 Å². The molecule has 12 heteroatoms. The van der Waals surface area contributed by atoms with Crippen LogP contribution in [0.15, 0.2) is 29.4 Å². The number of nitrogens with one attached hydrogen (secondary N) is 2. The Morgan fingerprint density at radius 3 is 2.15 bits per heavy atom. The van der Waals surface area contributed by atoms with E-state index in [1.54, 1.807) is 5.43 Å². The lowest BCUT2D eigenvalue weighted by molar-refractivity contribution is -0.150. The number of carbonyl (C=O) groups excluding carboxylic acids is 5. The predicted molar refractivity (Wildman–Crippen MR) is 92.8 cm³/mol. The van der Waals surface area contributed by atoms with Gasteiger partial charge < -0.3 is 20.5 Å². The zero-order valence-corrected chi connectivity index (χ0v) is 14.9. The minimum absolute atomic E-state index is 0.202. The number of Topliss-reactive ketones (excluding diaryl/α,β-unsaturated/α-hetero) is 1. The number of anilines is 1. The Morgan fingerprint density at radius 1 is 1.07 bits per heavy atom. The Kier molecular flexibility index (Phi) is 7.89. The van der Waals surface area contributed by atoms with Gasteiger partial charge in [0, 0.05) is 10.7 Å². The number of hydrazone groups is 1. The first-order valence-electron chi connectivity index (χ1n) is 7.11. The molecule has 0 bridgehead atoms. The molecule has 27 heavy (non-hydrogen) atoms. The summed E-state index contributed by atoms with van der Waals surface area (Å²) in [5.74, 6) is -7.26. The van der Waals surface area contributed by atoms with Crippen molar-refractivity contribution in [2.45, 2.75) is 0 Å². The van der Waals surface area contributed by atoms with E-state index in [9.17, 15) is 24.0 Å². The summed E-state index contributed by atoms with van der Waals surface area (Å²) in [6.45, 7) is 0. The topological polar surface area (TPSA) is 166 Å². The minimum atomic E-state index is -2.10. The number of hydrogen-bond donors (Lipinski definition) is 3. The van der Waals surface area contributed by atoms with Gasteiger partial charge in [-0.15, -0.1) is 0 Å². The van der Waals surface area contributed by atoms with Crippen molar-refractivity contribution >= 4 is 52.7 Å². The van der Waals surface area contributed by atoms with Crippen LogP contribution in [0, 0.1) is 5.92 Å². The molecule has 1 atom stereocenters. The summed E-state index contributed by atoms with van der Waals surface area (Å²) in [5.41, 5.74) is 5.84. The van der Waals surface area contributed by atoms with E-state index < -0.39 is 41.3 Å². The summed E-state index contributed by atoms with van der Waals surface area (Å²) in [6, 6.07) is 4.54. The van der Waals surface area contributed by atoms with Crippen LogP contribution in [0.2, 0.25) is 5.02 Å². The quantitative estimate of drug-likeness (QED) is 0.188. The number of nitrogens with zero attached hydrogens (tertiary/aromatic N) is 1. The van der Waals surface area contributed by atoms with Crippen molar-refractivity contribution in [3.05, 3.63) is 29.3 Å². The third-order valence-electron chi connectivity index (χ3n) is 2.98. The highest BCUT2D eigenvalue weighted by Gasteiger charge is 2.41. The van der Waals surface area contributed by atoms with Crippen LogP contribution in [-0.4, -0.2) is 49.6 Å². The van der Waals surface area contributed by atoms with Crippen molar-refractivity contribution in [1.82, 2.24) is 5.43 Å². The van der Waals surface area contributed by atoms with Crippen molar-refractivity contribution < 1.29 is 33.4 Å². The summed E-state index contributed by atoms with van der Waals surface area (Å²) in [5, 5.41) is 5.91. The SMILES string of the molecule is COC(=O)/C(=N\NC(N)=O)[C@H](C(=O)OC)C(=O)C(=O)Nc1ccc(Cl)cc1. The first kappa shape index (κ1) is 21.6. The highest BCUT2D eigenvalue weighted by Crippen LogP contribution is 2.15. The molecule has 3 amide bonds. The summed E-state index contributed by atoms with van der Waals surface area (Å²) in [6.07, 6.45) is 0. The number of ketones is 1. The fourth-order valence-electron chi connectivity index (χ4n) is 1.77. The standard InChI is InChI=1S/C15H15ClN4O7/c1-26-13(23)9(10(14(24)27-2)19-20-15(17)25)11(21)12(22)18-8-5-3-7(16)4-6-8/h3-6,9H,1-2H3,(H,18,22)(H3,17,20,25)/b19-10-/t9-/m0/s1. The van der Waals surface area contributed by atoms with Gasteiger partial charge >= 0.3 is 18.0 Å². The van der Waals surface area contributed by atoms with Crippen LogP contribution < -0.4 is 16.5 Å². The Morgan fingerprint density at radius 2 is 1.67 bits per heavy atom. The average Bonchev–Trinajstić information content (AvgIpc) is 2.64. The number of nitrogens with two attached hydrogens (primary N) is 1. The number of methoxy groups -OCH3 is 2. The van der Waals surface area contributed by atoms with Gasteiger partial charge in [0.15, 0.2) is 11.6 Å².